The first-order valence-corrected chi connectivity index (χ1v) is 10.5. The van der Waals surface area contributed by atoms with E-state index in [9.17, 15) is 27.6 Å². The number of halogens is 3. The molecule has 1 atom stereocenters. The molecular weight excluding hydrogens is 465 g/mol. The Morgan fingerprint density at radius 3 is 2.00 bits per heavy atom. The number of carbonyl (C=O) groups excluding carboxylic acids is 2. The molecule has 0 saturated carbocycles. The quantitative estimate of drug-likeness (QED) is 0.461. The lowest BCUT2D eigenvalue weighted by Gasteiger charge is -2.19. The highest BCUT2D eigenvalue weighted by molar-refractivity contribution is 5.98. The molecule has 35 heavy (non-hydrogen) atoms. The van der Waals surface area contributed by atoms with E-state index in [0.29, 0.717) is 12.1 Å². The van der Waals surface area contributed by atoms with E-state index in [1.54, 1.807) is 0 Å². The van der Waals surface area contributed by atoms with Crippen molar-refractivity contribution in [3.8, 4) is 11.1 Å². The first-order valence-electron chi connectivity index (χ1n) is 10.5. The maximum Gasteiger partial charge on any atom is 0.407 e. The molecule has 1 aliphatic carbocycles. The molecule has 0 spiro atoms. The molecule has 3 N–H and O–H groups in total. The molecule has 3 aromatic rings. The van der Waals surface area contributed by atoms with Crippen molar-refractivity contribution in [3.05, 3.63) is 89.2 Å². The van der Waals surface area contributed by atoms with Gasteiger partial charge in [0.25, 0.3) is 0 Å². The summed E-state index contributed by atoms with van der Waals surface area (Å²) < 4.78 is 46.1. The number of ether oxygens (including phenoxy) is 1. The monoisotopic (exact) mass is 484 g/mol. The van der Waals surface area contributed by atoms with E-state index in [-0.39, 0.29) is 12.5 Å². The fourth-order valence-electron chi connectivity index (χ4n) is 4.04. The highest BCUT2D eigenvalue weighted by Crippen LogP contribution is 2.44. The number of rotatable bonds is 7. The predicted molar refractivity (Wildman–Crippen MR) is 119 cm³/mol. The number of amides is 2. The standard InChI is InChI=1S/C25H19F3N2O5/c26-13-9-19(27)23(20(28)10-13)30-24(33)21(11-22(31)32)29-25(34)35-12-18-16-7-3-1-5-14(16)15-6-2-4-8-17(15)18/h1-10,18,21H,11-12H2,(H,29,34)(H,30,33)(H,31,32). The summed E-state index contributed by atoms with van der Waals surface area (Å²) in [6, 6.07) is 14.2. The number of anilines is 1. The van der Waals surface area contributed by atoms with E-state index in [2.05, 4.69) is 5.32 Å². The average molecular weight is 484 g/mol. The van der Waals surface area contributed by atoms with Gasteiger partial charge in [-0.1, -0.05) is 48.5 Å². The van der Waals surface area contributed by atoms with Crippen LogP contribution in [0.5, 0.6) is 0 Å². The number of benzene rings is 3. The molecule has 0 bridgehead atoms. The van der Waals surface area contributed by atoms with E-state index < -0.39 is 53.6 Å². The molecule has 4 rings (SSSR count). The van der Waals surface area contributed by atoms with Gasteiger partial charge < -0.3 is 20.5 Å². The van der Waals surface area contributed by atoms with Crippen molar-refractivity contribution < 1.29 is 37.4 Å². The van der Waals surface area contributed by atoms with E-state index in [0.717, 1.165) is 22.3 Å². The van der Waals surface area contributed by atoms with E-state index in [1.807, 2.05) is 53.8 Å². The van der Waals surface area contributed by atoms with Crippen LogP contribution in [0.2, 0.25) is 0 Å². The Morgan fingerprint density at radius 2 is 1.46 bits per heavy atom. The second-order valence-corrected chi connectivity index (χ2v) is 7.85. The molecule has 0 saturated heterocycles. The molecule has 2 amide bonds. The van der Waals surface area contributed by atoms with Crippen LogP contribution in [0.15, 0.2) is 60.7 Å². The molecule has 3 aromatic carbocycles. The number of nitrogens with one attached hydrogen (secondary N) is 2. The third-order valence-corrected chi connectivity index (χ3v) is 5.59. The maximum atomic E-state index is 13.9. The van der Waals surface area contributed by atoms with Gasteiger partial charge in [-0.3, -0.25) is 9.59 Å². The zero-order chi connectivity index (χ0) is 25.1. The summed E-state index contributed by atoms with van der Waals surface area (Å²) in [5.74, 6) is -6.94. The summed E-state index contributed by atoms with van der Waals surface area (Å²) in [5.41, 5.74) is 2.93. The molecule has 0 aromatic heterocycles. The molecule has 1 aliphatic rings. The molecule has 7 nitrogen and oxygen atoms in total. The molecule has 1 unspecified atom stereocenters. The van der Waals surface area contributed by atoms with Gasteiger partial charge in [0.1, 0.15) is 24.2 Å². The molecule has 10 heteroatoms. The van der Waals surface area contributed by atoms with Crippen LogP contribution in [0.3, 0.4) is 0 Å². The molecule has 180 valence electrons. The third kappa shape index (κ3) is 5.11. The van der Waals surface area contributed by atoms with Gasteiger partial charge in [0.2, 0.25) is 5.91 Å². The number of hydrogen-bond acceptors (Lipinski definition) is 4. The summed E-state index contributed by atoms with van der Waals surface area (Å²) >= 11 is 0. The van der Waals surface area contributed by atoms with Gasteiger partial charge in [-0.2, -0.15) is 0 Å². The van der Waals surface area contributed by atoms with Crippen LogP contribution in [-0.2, 0) is 14.3 Å². The number of carboxylic acids is 1. The van der Waals surface area contributed by atoms with Crippen molar-refractivity contribution in [1.82, 2.24) is 5.32 Å². The normalized spacial score (nSPS) is 12.9. The number of carbonyl (C=O) groups is 3. The first kappa shape index (κ1) is 23.8. The van der Waals surface area contributed by atoms with Crippen LogP contribution in [-0.4, -0.2) is 35.7 Å². The Bertz CT molecular complexity index is 1250. The fourth-order valence-corrected chi connectivity index (χ4v) is 4.04. The lowest BCUT2D eigenvalue weighted by atomic mass is 9.98. The Hall–Kier alpha value is -4.34. The Morgan fingerprint density at radius 1 is 0.914 bits per heavy atom. The van der Waals surface area contributed by atoms with Gasteiger partial charge in [-0.05, 0) is 22.3 Å². The fraction of sp³-hybridized carbons (Fsp3) is 0.160. The third-order valence-electron chi connectivity index (χ3n) is 5.59. The number of fused-ring (bicyclic) bond motifs is 3. The summed E-state index contributed by atoms with van der Waals surface area (Å²) in [4.78, 5) is 36.1. The first-order chi connectivity index (χ1) is 16.7. The van der Waals surface area contributed by atoms with Crippen LogP contribution >= 0.6 is 0 Å². The molecule has 0 aliphatic heterocycles. The largest absolute Gasteiger partial charge is 0.481 e. The van der Waals surface area contributed by atoms with Crippen molar-refractivity contribution in [2.45, 2.75) is 18.4 Å². The minimum atomic E-state index is -1.72. The van der Waals surface area contributed by atoms with Crippen molar-refractivity contribution in [2.75, 3.05) is 11.9 Å². The minimum Gasteiger partial charge on any atom is -0.481 e. The highest BCUT2D eigenvalue weighted by atomic mass is 19.1. The smallest absolute Gasteiger partial charge is 0.407 e. The van der Waals surface area contributed by atoms with Crippen LogP contribution in [0.25, 0.3) is 11.1 Å². The molecular formula is C25H19F3N2O5. The Kier molecular flexibility index (Phi) is 6.72. The lowest BCUT2D eigenvalue weighted by Crippen LogP contribution is -2.45. The van der Waals surface area contributed by atoms with Crippen molar-refractivity contribution in [1.29, 1.82) is 0 Å². The topological polar surface area (TPSA) is 105 Å². The SMILES string of the molecule is O=C(O)CC(NC(=O)OCC1c2ccccc2-c2ccccc21)C(=O)Nc1c(F)cc(F)cc1F. The number of carboxylic acid groups (broad SMARTS) is 1. The van der Waals surface area contributed by atoms with E-state index >= 15 is 0 Å². The average Bonchev–Trinajstić information content (AvgIpc) is 3.13. The van der Waals surface area contributed by atoms with Gasteiger partial charge in [0, 0.05) is 18.1 Å². The van der Waals surface area contributed by atoms with Crippen molar-refractivity contribution >= 4 is 23.7 Å². The van der Waals surface area contributed by atoms with E-state index in [4.69, 9.17) is 9.84 Å². The Balaban J connectivity index is 1.45. The summed E-state index contributed by atoms with van der Waals surface area (Å²) in [6.07, 6.45) is -1.98. The van der Waals surface area contributed by atoms with Crippen LogP contribution < -0.4 is 10.6 Å². The van der Waals surface area contributed by atoms with Gasteiger partial charge >= 0.3 is 12.1 Å². The van der Waals surface area contributed by atoms with Gasteiger partial charge in [-0.15, -0.1) is 0 Å². The summed E-state index contributed by atoms with van der Waals surface area (Å²) in [5, 5.41) is 13.1. The highest BCUT2D eigenvalue weighted by Gasteiger charge is 2.30. The van der Waals surface area contributed by atoms with Crippen LogP contribution in [0.4, 0.5) is 23.7 Å². The zero-order valence-electron chi connectivity index (χ0n) is 18.1. The molecule has 0 radical (unpaired) electrons. The predicted octanol–water partition coefficient (Wildman–Crippen LogP) is 4.42. The van der Waals surface area contributed by atoms with Crippen LogP contribution in [0.1, 0.15) is 23.5 Å². The van der Waals surface area contributed by atoms with Crippen molar-refractivity contribution in [3.63, 3.8) is 0 Å². The van der Waals surface area contributed by atoms with Gasteiger partial charge in [0.15, 0.2) is 11.6 Å². The Labute approximate surface area is 197 Å². The lowest BCUT2D eigenvalue weighted by molar-refractivity contribution is -0.139. The number of aliphatic carboxylic acids is 1. The number of hydrogen-bond donors (Lipinski definition) is 3. The van der Waals surface area contributed by atoms with Crippen LogP contribution in [0, 0.1) is 17.5 Å². The summed E-state index contributed by atoms with van der Waals surface area (Å²) in [7, 11) is 0. The van der Waals surface area contributed by atoms with Gasteiger partial charge in [-0.25, -0.2) is 18.0 Å². The zero-order valence-corrected chi connectivity index (χ0v) is 18.1. The van der Waals surface area contributed by atoms with E-state index in [1.165, 1.54) is 0 Å². The maximum absolute atomic E-state index is 13.9. The molecule has 0 heterocycles. The minimum absolute atomic E-state index is 0.0948. The second-order valence-electron chi connectivity index (χ2n) is 7.85. The number of alkyl carbamates (subject to hydrolysis) is 1. The second kappa shape index (κ2) is 9.88. The van der Waals surface area contributed by atoms with Crippen molar-refractivity contribution in [2.24, 2.45) is 0 Å². The summed E-state index contributed by atoms with van der Waals surface area (Å²) in [6.45, 7) is -0.0948. The van der Waals surface area contributed by atoms with Gasteiger partial charge in [0.05, 0.1) is 6.42 Å². The molecule has 0 fully saturated rings.